The number of alkyl carbamates (subject to hydrolysis) is 1. The highest BCUT2D eigenvalue weighted by molar-refractivity contribution is 5.67. The van der Waals surface area contributed by atoms with E-state index in [2.05, 4.69) is 5.32 Å². The Balaban J connectivity index is 0.000000346. The number of benzene rings is 2. The predicted octanol–water partition coefficient (Wildman–Crippen LogP) is 3.76. The largest absolute Gasteiger partial charge is 0.444 e. The summed E-state index contributed by atoms with van der Waals surface area (Å²) in [5.41, 5.74) is 1.76. The summed E-state index contributed by atoms with van der Waals surface area (Å²) >= 11 is 0. The average Bonchev–Trinajstić information content (AvgIpc) is 2.75. The number of carbonyl (C=O) groups is 1. The van der Waals surface area contributed by atoms with Crippen LogP contribution in [0.3, 0.4) is 0 Å². The molecular formula is C25H36N2O6. The number of aliphatic hydroxyl groups is 2. The highest BCUT2D eigenvalue weighted by Gasteiger charge is 2.16. The number of aryl methyl sites for hydroxylation is 2. The monoisotopic (exact) mass is 460 g/mol. The van der Waals surface area contributed by atoms with Crippen LogP contribution in [0.2, 0.25) is 0 Å². The molecule has 2 rings (SSSR count). The maximum absolute atomic E-state index is 11.4. The minimum absolute atomic E-state index is 0.210. The Morgan fingerprint density at radius 2 is 1.39 bits per heavy atom. The van der Waals surface area contributed by atoms with Crippen LogP contribution in [0.25, 0.3) is 0 Å². The lowest BCUT2D eigenvalue weighted by molar-refractivity contribution is -0.490. The number of ether oxygens (including phenoxy) is 1. The van der Waals surface area contributed by atoms with E-state index in [1.165, 1.54) is 5.56 Å². The van der Waals surface area contributed by atoms with Gasteiger partial charge in [-0.15, -0.1) is 0 Å². The van der Waals surface area contributed by atoms with Crippen molar-refractivity contribution in [2.24, 2.45) is 0 Å². The van der Waals surface area contributed by atoms with Gasteiger partial charge in [0.1, 0.15) is 11.7 Å². The second-order valence-corrected chi connectivity index (χ2v) is 8.75. The van der Waals surface area contributed by atoms with E-state index in [-0.39, 0.29) is 13.1 Å². The second-order valence-electron chi connectivity index (χ2n) is 8.75. The maximum Gasteiger partial charge on any atom is 0.407 e. The Bertz CT molecular complexity index is 809. The van der Waals surface area contributed by atoms with Gasteiger partial charge in [-0.1, -0.05) is 60.7 Å². The standard InChI is InChI=1S/C15H23NO3.C10H13NO3/c1-15(2,3)19-14(18)16-11-13(17)10-9-12-7-5-4-6-8-12;12-10(8-11(13)14)7-6-9-4-2-1-3-5-9/h4-8,13,17H,9-11H2,1-3H3,(H,16,18);1-5,10,12H,6-8H2/t13-;10-/m00/s1. The fourth-order valence-corrected chi connectivity index (χ4v) is 2.84. The van der Waals surface area contributed by atoms with Gasteiger partial charge in [0, 0.05) is 11.5 Å². The van der Waals surface area contributed by atoms with Crippen molar-refractivity contribution in [2.45, 2.75) is 64.3 Å². The van der Waals surface area contributed by atoms with Crippen molar-refractivity contribution < 1.29 is 24.7 Å². The molecule has 0 fully saturated rings. The first-order chi connectivity index (χ1) is 15.5. The number of aliphatic hydroxyl groups excluding tert-OH is 2. The van der Waals surface area contributed by atoms with Gasteiger partial charge in [0.15, 0.2) is 0 Å². The van der Waals surface area contributed by atoms with Crippen LogP contribution in [0.1, 0.15) is 44.7 Å². The fourth-order valence-electron chi connectivity index (χ4n) is 2.84. The van der Waals surface area contributed by atoms with Crippen molar-refractivity contribution in [1.29, 1.82) is 0 Å². The molecule has 0 bridgehead atoms. The molecule has 2 aromatic rings. The number of nitrogens with one attached hydrogen (secondary N) is 1. The quantitative estimate of drug-likeness (QED) is 0.367. The molecule has 182 valence electrons. The zero-order chi connectivity index (χ0) is 24.7. The third-order valence-electron chi connectivity index (χ3n) is 4.46. The van der Waals surface area contributed by atoms with Crippen LogP contribution < -0.4 is 5.32 Å². The summed E-state index contributed by atoms with van der Waals surface area (Å²) in [6.07, 6.45) is 0.614. The molecule has 0 radical (unpaired) electrons. The van der Waals surface area contributed by atoms with Gasteiger partial charge in [0.2, 0.25) is 6.54 Å². The summed E-state index contributed by atoms with van der Waals surface area (Å²) in [4.78, 5) is 21.0. The Morgan fingerprint density at radius 1 is 0.939 bits per heavy atom. The first-order valence-corrected chi connectivity index (χ1v) is 11.1. The van der Waals surface area contributed by atoms with E-state index in [0.717, 1.165) is 12.0 Å². The van der Waals surface area contributed by atoms with Gasteiger partial charge >= 0.3 is 6.09 Å². The molecule has 0 saturated heterocycles. The van der Waals surface area contributed by atoms with Gasteiger partial charge in [0.05, 0.1) is 6.10 Å². The van der Waals surface area contributed by atoms with E-state index < -0.39 is 28.8 Å². The molecule has 1 amide bonds. The minimum atomic E-state index is -0.842. The van der Waals surface area contributed by atoms with Gasteiger partial charge in [0.25, 0.3) is 0 Å². The third kappa shape index (κ3) is 15.5. The topological polar surface area (TPSA) is 122 Å². The fraction of sp³-hybridized carbons (Fsp3) is 0.480. The first-order valence-electron chi connectivity index (χ1n) is 11.1. The van der Waals surface area contributed by atoms with E-state index in [9.17, 15) is 25.1 Å². The summed E-state index contributed by atoms with van der Waals surface area (Å²) in [6, 6.07) is 19.6. The van der Waals surface area contributed by atoms with Crippen molar-refractivity contribution in [1.82, 2.24) is 5.32 Å². The zero-order valence-electron chi connectivity index (χ0n) is 19.6. The SMILES string of the molecule is CC(C)(C)OC(=O)NC[C@@H](O)CCc1ccccc1.O=[N+]([O-])C[C@@H](O)CCc1ccccc1. The Labute approximate surface area is 195 Å². The van der Waals surface area contributed by atoms with Crippen molar-refractivity contribution >= 4 is 6.09 Å². The summed E-state index contributed by atoms with van der Waals surface area (Å²) in [6.45, 7) is 5.25. The van der Waals surface area contributed by atoms with Crippen LogP contribution in [0.15, 0.2) is 60.7 Å². The van der Waals surface area contributed by atoms with Gasteiger partial charge in [-0.3, -0.25) is 10.1 Å². The molecule has 0 aliphatic heterocycles. The molecule has 33 heavy (non-hydrogen) atoms. The van der Waals surface area contributed by atoms with Crippen LogP contribution in [0, 0.1) is 10.1 Å². The van der Waals surface area contributed by atoms with Crippen LogP contribution >= 0.6 is 0 Å². The number of amides is 1. The number of rotatable bonds is 10. The molecule has 0 aromatic heterocycles. The molecule has 8 nitrogen and oxygen atoms in total. The Hall–Kier alpha value is -2.97. The Kier molecular flexibility index (Phi) is 12.7. The summed E-state index contributed by atoms with van der Waals surface area (Å²) in [7, 11) is 0. The molecular weight excluding hydrogens is 424 g/mol. The van der Waals surface area contributed by atoms with E-state index >= 15 is 0 Å². The average molecular weight is 461 g/mol. The zero-order valence-corrected chi connectivity index (χ0v) is 19.6. The molecule has 2 atom stereocenters. The van der Waals surface area contributed by atoms with Crippen LogP contribution in [-0.2, 0) is 17.6 Å². The number of nitro groups is 1. The van der Waals surface area contributed by atoms with Crippen LogP contribution in [0.4, 0.5) is 4.79 Å². The molecule has 8 heteroatoms. The van der Waals surface area contributed by atoms with Gasteiger partial charge in [-0.05, 0) is 57.6 Å². The molecule has 0 heterocycles. The number of hydrogen-bond acceptors (Lipinski definition) is 6. The lowest BCUT2D eigenvalue weighted by atomic mass is 10.1. The lowest BCUT2D eigenvalue weighted by Gasteiger charge is -2.20. The van der Waals surface area contributed by atoms with Gasteiger partial charge in [-0.25, -0.2) is 4.79 Å². The minimum Gasteiger partial charge on any atom is -0.444 e. The van der Waals surface area contributed by atoms with Crippen LogP contribution in [0.5, 0.6) is 0 Å². The molecule has 2 aromatic carbocycles. The number of carbonyl (C=O) groups excluding carboxylic acids is 1. The molecule has 3 N–H and O–H groups in total. The predicted molar refractivity (Wildman–Crippen MR) is 128 cm³/mol. The Morgan fingerprint density at radius 3 is 1.82 bits per heavy atom. The molecule has 0 saturated carbocycles. The molecule has 0 unspecified atom stereocenters. The van der Waals surface area contributed by atoms with Gasteiger partial charge in [-0.2, -0.15) is 0 Å². The van der Waals surface area contributed by atoms with Crippen LogP contribution in [-0.4, -0.2) is 52.1 Å². The first kappa shape index (κ1) is 28.1. The summed E-state index contributed by atoms with van der Waals surface area (Å²) in [5.74, 6) is 0. The van der Waals surface area contributed by atoms with E-state index in [4.69, 9.17) is 4.74 Å². The van der Waals surface area contributed by atoms with Gasteiger partial charge < -0.3 is 20.3 Å². The maximum atomic E-state index is 11.4. The molecule has 0 aliphatic carbocycles. The van der Waals surface area contributed by atoms with E-state index in [0.29, 0.717) is 19.3 Å². The third-order valence-corrected chi connectivity index (χ3v) is 4.46. The molecule has 0 aliphatic rings. The number of nitrogens with zero attached hydrogens (tertiary/aromatic N) is 1. The highest BCUT2D eigenvalue weighted by Crippen LogP contribution is 2.08. The van der Waals surface area contributed by atoms with E-state index in [1.54, 1.807) is 20.8 Å². The van der Waals surface area contributed by atoms with Crippen molar-refractivity contribution in [3.63, 3.8) is 0 Å². The second kappa shape index (κ2) is 15.0. The number of hydrogen-bond donors (Lipinski definition) is 3. The van der Waals surface area contributed by atoms with Crippen molar-refractivity contribution in [2.75, 3.05) is 13.1 Å². The van der Waals surface area contributed by atoms with Crippen molar-refractivity contribution in [3.8, 4) is 0 Å². The van der Waals surface area contributed by atoms with Crippen molar-refractivity contribution in [3.05, 3.63) is 81.9 Å². The molecule has 0 spiro atoms. The summed E-state index contributed by atoms with van der Waals surface area (Å²) < 4.78 is 5.09. The lowest BCUT2D eigenvalue weighted by Crippen LogP contribution is -2.37. The highest BCUT2D eigenvalue weighted by atomic mass is 16.6. The summed E-state index contributed by atoms with van der Waals surface area (Å²) in [5, 5.41) is 31.7. The normalized spacial score (nSPS) is 12.6. The smallest absolute Gasteiger partial charge is 0.407 e. The van der Waals surface area contributed by atoms with E-state index in [1.807, 2.05) is 60.7 Å².